The number of aliphatic imine (C=N–C) groups is 1. The normalized spacial score (nSPS) is 16.2. The minimum Gasteiger partial charge on any atom is -0.261 e. The van der Waals surface area contributed by atoms with Gasteiger partial charge in [0.2, 0.25) is 0 Å². The maximum Gasteiger partial charge on any atom is 0.0365 e. The zero-order valence-corrected chi connectivity index (χ0v) is 7.94. The molecule has 0 radical (unpaired) electrons. The Hall–Kier alpha value is -0.850. The molecule has 0 amide bonds. The molecule has 1 nitrogen and oxygen atoms in total. The zero-order valence-electron chi connectivity index (χ0n) is 7.94. The molecule has 0 unspecified atom stereocenters. The van der Waals surface area contributed by atoms with Gasteiger partial charge >= 0.3 is 0 Å². The van der Waals surface area contributed by atoms with Crippen molar-refractivity contribution in [3.63, 3.8) is 0 Å². The summed E-state index contributed by atoms with van der Waals surface area (Å²) in [6.07, 6.45) is 2.83. The minimum atomic E-state index is 0.995. The highest BCUT2D eigenvalue weighted by Gasteiger charge is 2.01. The fraction of sp³-hybridized carbons (Fsp3) is 0.500. The van der Waals surface area contributed by atoms with Crippen LogP contribution in [0.15, 0.2) is 28.4 Å². The average Bonchev–Trinajstić information content (AvgIpc) is 2.02. The van der Waals surface area contributed by atoms with Crippen LogP contribution in [0.2, 0.25) is 0 Å². The molecule has 0 saturated carbocycles. The molecule has 62 valence electrons. The van der Waals surface area contributed by atoms with Gasteiger partial charge in [-0.1, -0.05) is 20.4 Å². The third kappa shape index (κ3) is 3.17. The number of rotatable bonds is 0. The molecule has 0 aliphatic carbocycles. The predicted octanol–water partition coefficient (Wildman–Crippen LogP) is 3.34. The molecular formula is C10H17N. The number of hydrogen-bond donors (Lipinski definition) is 0. The van der Waals surface area contributed by atoms with Crippen molar-refractivity contribution >= 4 is 6.21 Å². The van der Waals surface area contributed by atoms with Gasteiger partial charge < -0.3 is 0 Å². The summed E-state index contributed by atoms with van der Waals surface area (Å²) in [5.41, 5.74) is 3.59. The van der Waals surface area contributed by atoms with Crippen LogP contribution in [0.25, 0.3) is 0 Å². The Balaban J connectivity index is 0.000000461. The lowest BCUT2D eigenvalue weighted by atomic mass is 10.1. The lowest BCUT2D eigenvalue weighted by molar-refractivity contribution is 1.07. The first-order valence-corrected chi connectivity index (χ1v) is 4.08. The van der Waals surface area contributed by atoms with E-state index in [9.17, 15) is 0 Å². The van der Waals surface area contributed by atoms with Crippen LogP contribution in [0.3, 0.4) is 0 Å². The second kappa shape index (κ2) is 4.89. The molecule has 1 aliphatic rings. The first kappa shape index (κ1) is 10.2. The quantitative estimate of drug-likeness (QED) is 0.503. The molecule has 0 aromatic rings. The lowest BCUT2D eigenvalue weighted by Gasteiger charge is -2.08. The van der Waals surface area contributed by atoms with E-state index in [0.717, 1.165) is 17.7 Å². The summed E-state index contributed by atoms with van der Waals surface area (Å²) in [7, 11) is 0. The fourth-order valence-electron chi connectivity index (χ4n) is 0.812. The SMILES string of the molecule is C=C1C=NC(C)=C(C)C1.CC. The van der Waals surface area contributed by atoms with Gasteiger partial charge in [-0.15, -0.1) is 0 Å². The Bertz CT molecular complexity index is 197. The van der Waals surface area contributed by atoms with Crippen LogP contribution < -0.4 is 0 Å². The molecule has 0 aromatic heterocycles. The van der Waals surface area contributed by atoms with E-state index < -0.39 is 0 Å². The topological polar surface area (TPSA) is 12.4 Å². The Labute approximate surface area is 69.5 Å². The summed E-state index contributed by atoms with van der Waals surface area (Å²) < 4.78 is 0. The Morgan fingerprint density at radius 3 is 2.27 bits per heavy atom. The summed E-state index contributed by atoms with van der Waals surface area (Å²) in [4.78, 5) is 4.15. The maximum absolute atomic E-state index is 4.15. The van der Waals surface area contributed by atoms with E-state index in [1.165, 1.54) is 5.57 Å². The first-order chi connectivity index (χ1) is 5.20. The van der Waals surface area contributed by atoms with Gasteiger partial charge in [-0.05, 0) is 31.4 Å². The van der Waals surface area contributed by atoms with Gasteiger partial charge in [0.25, 0.3) is 0 Å². The van der Waals surface area contributed by atoms with Crippen molar-refractivity contribution in [1.82, 2.24) is 0 Å². The third-order valence-corrected chi connectivity index (χ3v) is 1.55. The van der Waals surface area contributed by atoms with Crippen molar-refractivity contribution in [3.05, 3.63) is 23.4 Å². The van der Waals surface area contributed by atoms with E-state index in [1.54, 1.807) is 0 Å². The zero-order chi connectivity index (χ0) is 8.85. The second-order valence-corrected chi connectivity index (χ2v) is 2.46. The highest BCUT2D eigenvalue weighted by Crippen LogP contribution is 2.17. The van der Waals surface area contributed by atoms with Gasteiger partial charge in [0.15, 0.2) is 0 Å². The molecule has 0 bridgehead atoms. The van der Waals surface area contributed by atoms with E-state index in [4.69, 9.17) is 0 Å². The Kier molecular flexibility index (Phi) is 4.51. The van der Waals surface area contributed by atoms with Gasteiger partial charge in [-0.3, -0.25) is 4.99 Å². The van der Waals surface area contributed by atoms with Crippen LogP contribution in [0.4, 0.5) is 0 Å². The smallest absolute Gasteiger partial charge is 0.0365 e. The Morgan fingerprint density at radius 1 is 1.36 bits per heavy atom. The largest absolute Gasteiger partial charge is 0.261 e. The van der Waals surface area contributed by atoms with Crippen LogP contribution in [0.5, 0.6) is 0 Å². The van der Waals surface area contributed by atoms with Crippen LogP contribution in [0, 0.1) is 0 Å². The van der Waals surface area contributed by atoms with Gasteiger partial charge in [-0.25, -0.2) is 0 Å². The first-order valence-electron chi connectivity index (χ1n) is 4.08. The molecule has 1 heteroatoms. The fourth-order valence-corrected chi connectivity index (χ4v) is 0.812. The van der Waals surface area contributed by atoms with Crippen molar-refractivity contribution in [2.45, 2.75) is 34.1 Å². The number of allylic oxidation sites excluding steroid dienone is 3. The van der Waals surface area contributed by atoms with E-state index in [0.29, 0.717) is 0 Å². The summed E-state index contributed by atoms with van der Waals surface area (Å²) in [5, 5.41) is 0. The average molecular weight is 151 g/mol. The minimum absolute atomic E-state index is 0.995. The van der Waals surface area contributed by atoms with Gasteiger partial charge in [-0.2, -0.15) is 0 Å². The van der Waals surface area contributed by atoms with Gasteiger partial charge in [0, 0.05) is 11.9 Å². The molecule has 0 atom stereocenters. The number of nitrogens with zero attached hydrogens (tertiary/aromatic N) is 1. The van der Waals surface area contributed by atoms with Crippen LogP contribution in [0.1, 0.15) is 34.1 Å². The van der Waals surface area contributed by atoms with Crippen LogP contribution >= 0.6 is 0 Å². The molecule has 0 fully saturated rings. The summed E-state index contributed by atoms with van der Waals surface area (Å²) in [5.74, 6) is 0. The monoisotopic (exact) mass is 151 g/mol. The van der Waals surface area contributed by atoms with Crippen LogP contribution in [-0.2, 0) is 0 Å². The summed E-state index contributed by atoms with van der Waals surface area (Å²) in [6.45, 7) is 11.9. The lowest BCUT2D eigenvalue weighted by Crippen LogP contribution is -1.93. The van der Waals surface area contributed by atoms with Crippen molar-refractivity contribution in [2.24, 2.45) is 4.99 Å². The molecule has 0 N–H and O–H groups in total. The summed E-state index contributed by atoms with van der Waals surface area (Å²) >= 11 is 0. The molecule has 0 spiro atoms. The second-order valence-electron chi connectivity index (χ2n) is 2.46. The van der Waals surface area contributed by atoms with Crippen molar-refractivity contribution < 1.29 is 0 Å². The number of hydrogen-bond acceptors (Lipinski definition) is 1. The highest BCUT2D eigenvalue weighted by atomic mass is 14.7. The molecule has 11 heavy (non-hydrogen) atoms. The van der Waals surface area contributed by atoms with Gasteiger partial charge in [0.05, 0.1) is 0 Å². The molecule has 0 aromatic carbocycles. The molecular weight excluding hydrogens is 134 g/mol. The van der Waals surface area contributed by atoms with Gasteiger partial charge in [0.1, 0.15) is 0 Å². The van der Waals surface area contributed by atoms with E-state index in [2.05, 4.69) is 18.5 Å². The molecule has 1 heterocycles. The van der Waals surface area contributed by atoms with Crippen LogP contribution in [-0.4, -0.2) is 6.21 Å². The summed E-state index contributed by atoms with van der Waals surface area (Å²) in [6, 6.07) is 0. The van der Waals surface area contributed by atoms with Crippen molar-refractivity contribution in [2.75, 3.05) is 0 Å². The Morgan fingerprint density at radius 2 is 1.91 bits per heavy atom. The van der Waals surface area contributed by atoms with E-state index in [-0.39, 0.29) is 0 Å². The van der Waals surface area contributed by atoms with Crippen molar-refractivity contribution in [1.29, 1.82) is 0 Å². The van der Waals surface area contributed by atoms with E-state index in [1.807, 2.05) is 27.0 Å². The van der Waals surface area contributed by atoms with E-state index >= 15 is 0 Å². The molecule has 1 aliphatic heterocycles. The molecule has 0 saturated heterocycles. The standard InChI is InChI=1S/C8H11N.C2H6/c1-6-4-7(2)8(3)9-5-6;1-2/h5H,1,4H2,2-3H3;1-2H3. The maximum atomic E-state index is 4.15. The predicted molar refractivity (Wildman–Crippen MR) is 52.0 cm³/mol. The highest BCUT2D eigenvalue weighted by molar-refractivity contribution is 5.80. The van der Waals surface area contributed by atoms with Crippen molar-refractivity contribution in [3.8, 4) is 0 Å². The third-order valence-electron chi connectivity index (χ3n) is 1.55. The molecule has 1 rings (SSSR count).